The molecule has 0 saturated carbocycles. The molecule has 0 unspecified atom stereocenters. The number of nitrogens with zero attached hydrogens (tertiary/aromatic N) is 2. The predicted octanol–water partition coefficient (Wildman–Crippen LogP) is 4.87. The molecule has 0 fully saturated rings. The first kappa shape index (κ1) is 20.5. The van der Waals surface area contributed by atoms with Gasteiger partial charge >= 0.3 is 5.97 Å². The number of ether oxygens (including phenoxy) is 1. The van der Waals surface area contributed by atoms with Gasteiger partial charge in [0.25, 0.3) is 0 Å². The van der Waals surface area contributed by atoms with E-state index >= 15 is 0 Å². The van der Waals surface area contributed by atoms with Crippen LogP contribution in [0, 0.1) is 13.8 Å². The normalized spacial score (nSPS) is 10.7. The van der Waals surface area contributed by atoms with Crippen LogP contribution in [0.1, 0.15) is 57.4 Å². The van der Waals surface area contributed by atoms with Crippen LogP contribution in [0.3, 0.4) is 0 Å². The van der Waals surface area contributed by atoms with Crippen molar-refractivity contribution in [2.75, 3.05) is 6.61 Å². The van der Waals surface area contributed by atoms with Gasteiger partial charge in [-0.2, -0.15) is 5.10 Å². The average molecular weight is 390 g/mol. The van der Waals surface area contributed by atoms with Crippen molar-refractivity contribution in [2.24, 2.45) is 0 Å². The monoisotopic (exact) mass is 390 g/mol. The van der Waals surface area contributed by atoms with Gasteiger partial charge in [-0.25, -0.2) is 9.48 Å². The molecule has 29 heavy (non-hydrogen) atoms. The van der Waals surface area contributed by atoms with Crippen molar-refractivity contribution in [3.8, 4) is 5.69 Å². The highest BCUT2D eigenvalue weighted by Gasteiger charge is 2.21. The molecule has 5 nitrogen and oxygen atoms in total. The van der Waals surface area contributed by atoms with Gasteiger partial charge in [-0.3, -0.25) is 4.79 Å². The van der Waals surface area contributed by atoms with Crippen LogP contribution in [0.4, 0.5) is 0 Å². The molecule has 0 saturated heterocycles. The number of benzene rings is 2. The average Bonchev–Trinajstić information content (AvgIpc) is 3.05. The van der Waals surface area contributed by atoms with Gasteiger partial charge in [0.15, 0.2) is 12.4 Å². The molecule has 0 aliphatic heterocycles. The van der Waals surface area contributed by atoms with Crippen LogP contribution in [0.15, 0.2) is 54.6 Å². The Balaban J connectivity index is 1.66. The van der Waals surface area contributed by atoms with E-state index in [9.17, 15) is 9.59 Å². The van der Waals surface area contributed by atoms with Crippen LogP contribution in [0.25, 0.3) is 5.69 Å². The fourth-order valence-corrected chi connectivity index (χ4v) is 3.28. The van der Waals surface area contributed by atoms with E-state index in [-0.39, 0.29) is 12.4 Å². The van der Waals surface area contributed by atoms with Gasteiger partial charge in [0.2, 0.25) is 0 Å². The fraction of sp³-hybridized carbons (Fsp3) is 0.292. The summed E-state index contributed by atoms with van der Waals surface area (Å²) >= 11 is 0. The van der Waals surface area contributed by atoms with Crippen molar-refractivity contribution < 1.29 is 14.3 Å². The van der Waals surface area contributed by atoms with Crippen molar-refractivity contribution in [1.82, 2.24) is 9.78 Å². The smallest absolute Gasteiger partial charge is 0.342 e. The van der Waals surface area contributed by atoms with Gasteiger partial charge in [-0.1, -0.05) is 55.8 Å². The Kier molecular flexibility index (Phi) is 6.60. The highest BCUT2D eigenvalue weighted by molar-refractivity contribution is 5.99. The van der Waals surface area contributed by atoms with Crippen LogP contribution in [-0.4, -0.2) is 28.1 Å². The molecule has 0 atom stereocenters. The van der Waals surface area contributed by atoms with Crippen molar-refractivity contribution >= 4 is 11.8 Å². The minimum Gasteiger partial charge on any atom is -0.454 e. The summed E-state index contributed by atoms with van der Waals surface area (Å²) in [6.45, 7) is 5.45. The minimum atomic E-state index is -0.532. The molecule has 0 amide bonds. The lowest BCUT2D eigenvalue weighted by molar-refractivity contribution is 0.0473. The lowest BCUT2D eigenvalue weighted by atomic mass is 10.0. The molecule has 3 rings (SSSR count). The molecule has 150 valence electrons. The topological polar surface area (TPSA) is 61.2 Å². The van der Waals surface area contributed by atoms with Crippen LogP contribution in [0.5, 0.6) is 0 Å². The largest absolute Gasteiger partial charge is 0.454 e. The summed E-state index contributed by atoms with van der Waals surface area (Å²) in [4.78, 5) is 25.0. The lowest BCUT2D eigenvalue weighted by Gasteiger charge is -2.07. The van der Waals surface area contributed by atoms with Crippen molar-refractivity contribution in [2.45, 2.75) is 40.0 Å². The Bertz CT molecular complexity index is 989. The third-order valence-corrected chi connectivity index (χ3v) is 4.93. The zero-order valence-electron chi connectivity index (χ0n) is 17.1. The zero-order chi connectivity index (χ0) is 20.8. The lowest BCUT2D eigenvalue weighted by Crippen LogP contribution is -2.15. The molecular weight excluding hydrogens is 364 g/mol. The number of para-hydroxylation sites is 1. The number of aromatic nitrogens is 2. The summed E-state index contributed by atoms with van der Waals surface area (Å²) in [7, 11) is 0. The number of rotatable bonds is 8. The molecule has 5 heteroatoms. The van der Waals surface area contributed by atoms with E-state index in [0.717, 1.165) is 24.9 Å². The Morgan fingerprint density at radius 2 is 1.69 bits per heavy atom. The number of hydrogen-bond donors (Lipinski definition) is 0. The molecule has 0 radical (unpaired) electrons. The second-order valence-corrected chi connectivity index (χ2v) is 7.09. The maximum Gasteiger partial charge on any atom is 0.342 e. The molecule has 0 bridgehead atoms. The van der Waals surface area contributed by atoms with E-state index in [0.29, 0.717) is 22.5 Å². The summed E-state index contributed by atoms with van der Waals surface area (Å²) < 4.78 is 7.02. The number of hydrogen-bond acceptors (Lipinski definition) is 4. The summed E-state index contributed by atoms with van der Waals surface area (Å²) in [6.07, 6.45) is 3.26. The van der Waals surface area contributed by atoms with E-state index in [1.807, 2.05) is 49.4 Å². The second-order valence-electron chi connectivity index (χ2n) is 7.09. The standard InChI is InChI=1S/C24H26N2O3/c1-4-5-9-19-12-14-20(15-13-19)22(27)16-29-24(28)23-17(2)25-26(18(23)3)21-10-7-6-8-11-21/h6-8,10-15H,4-5,9,16H2,1-3H3. The van der Waals surface area contributed by atoms with Crippen LogP contribution >= 0.6 is 0 Å². The maximum atomic E-state index is 12.6. The Hall–Kier alpha value is -3.21. The number of unbranched alkanes of at least 4 members (excludes halogenated alkanes) is 1. The Morgan fingerprint density at radius 3 is 2.34 bits per heavy atom. The SMILES string of the molecule is CCCCc1ccc(C(=O)COC(=O)c2c(C)nn(-c3ccccc3)c2C)cc1. The summed E-state index contributed by atoms with van der Waals surface area (Å²) in [5, 5.41) is 4.45. The third-order valence-electron chi connectivity index (χ3n) is 4.93. The molecule has 3 aromatic rings. The quantitative estimate of drug-likeness (QED) is 0.407. The Morgan fingerprint density at radius 1 is 1.00 bits per heavy atom. The number of Topliss-reactive ketones (excluding diaryl/α,β-unsaturated/α-hetero) is 1. The predicted molar refractivity (Wildman–Crippen MR) is 113 cm³/mol. The molecule has 0 aliphatic carbocycles. The van der Waals surface area contributed by atoms with E-state index < -0.39 is 5.97 Å². The Labute approximate surface area is 171 Å². The molecular formula is C24H26N2O3. The molecule has 0 N–H and O–H groups in total. The molecule has 1 heterocycles. The minimum absolute atomic E-state index is 0.217. The van der Waals surface area contributed by atoms with Gasteiger partial charge in [-0.15, -0.1) is 0 Å². The summed E-state index contributed by atoms with van der Waals surface area (Å²) in [6, 6.07) is 17.1. The van der Waals surface area contributed by atoms with Gasteiger partial charge in [0.05, 0.1) is 17.1 Å². The number of carbonyl (C=O) groups excluding carboxylic acids is 2. The van der Waals surface area contributed by atoms with E-state index in [1.54, 1.807) is 23.7 Å². The van der Waals surface area contributed by atoms with E-state index in [2.05, 4.69) is 12.0 Å². The van der Waals surface area contributed by atoms with Gasteiger partial charge < -0.3 is 4.74 Å². The second kappa shape index (κ2) is 9.32. The van der Waals surface area contributed by atoms with Crippen molar-refractivity contribution in [1.29, 1.82) is 0 Å². The molecule has 1 aromatic heterocycles. The number of carbonyl (C=O) groups is 2. The first-order valence-corrected chi connectivity index (χ1v) is 9.92. The summed E-state index contributed by atoms with van der Waals surface area (Å²) in [5.41, 5.74) is 4.28. The van der Waals surface area contributed by atoms with Crippen LogP contribution < -0.4 is 0 Å². The maximum absolute atomic E-state index is 12.6. The third kappa shape index (κ3) is 4.80. The highest BCUT2D eigenvalue weighted by atomic mass is 16.5. The number of esters is 1. The molecule has 0 aliphatic rings. The highest BCUT2D eigenvalue weighted by Crippen LogP contribution is 2.19. The van der Waals surface area contributed by atoms with Crippen LogP contribution in [-0.2, 0) is 11.2 Å². The molecule has 0 spiro atoms. The first-order valence-electron chi connectivity index (χ1n) is 9.92. The van der Waals surface area contributed by atoms with E-state index in [1.165, 1.54) is 5.56 Å². The van der Waals surface area contributed by atoms with Crippen LogP contribution in [0.2, 0.25) is 0 Å². The van der Waals surface area contributed by atoms with E-state index in [4.69, 9.17) is 4.74 Å². The number of aryl methyl sites for hydroxylation is 2. The zero-order valence-corrected chi connectivity index (χ0v) is 17.1. The van der Waals surface area contributed by atoms with Gasteiger partial charge in [0.1, 0.15) is 5.56 Å². The van der Waals surface area contributed by atoms with Crippen molar-refractivity contribution in [3.05, 3.63) is 82.7 Å². The van der Waals surface area contributed by atoms with Crippen molar-refractivity contribution in [3.63, 3.8) is 0 Å². The number of ketones is 1. The first-order chi connectivity index (χ1) is 14.0. The molecule has 2 aromatic carbocycles. The summed E-state index contributed by atoms with van der Waals surface area (Å²) in [5.74, 6) is -0.749. The van der Waals surface area contributed by atoms with Gasteiger partial charge in [-0.05, 0) is 44.4 Å². The van der Waals surface area contributed by atoms with Gasteiger partial charge in [0, 0.05) is 5.56 Å². The fourth-order valence-electron chi connectivity index (χ4n) is 3.28.